The van der Waals surface area contributed by atoms with Crippen molar-refractivity contribution in [2.75, 3.05) is 19.7 Å². The maximum atomic E-state index is 11.9. The van der Waals surface area contributed by atoms with E-state index in [4.69, 9.17) is 4.74 Å². The highest BCUT2D eigenvalue weighted by Crippen LogP contribution is 2.24. The number of amides is 1. The third-order valence-corrected chi connectivity index (χ3v) is 3.84. The zero-order chi connectivity index (χ0) is 12.4. The van der Waals surface area contributed by atoms with Crippen molar-refractivity contribution in [1.82, 2.24) is 10.2 Å². The van der Waals surface area contributed by atoms with Crippen LogP contribution in [0.4, 0.5) is 0 Å². The summed E-state index contributed by atoms with van der Waals surface area (Å²) < 4.78 is 5.57. The third kappa shape index (κ3) is 2.99. The molecule has 0 aromatic carbocycles. The van der Waals surface area contributed by atoms with Gasteiger partial charge in [0.2, 0.25) is 5.91 Å². The Hall–Kier alpha value is -0.610. The van der Waals surface area contributed by atoms with E-state index in [9.17, 15) is 4.79 Å². The summed E-state index contributed by atoms with van der Waals surface area (Å²) in [5, 5.41) is 3.31. The van der Waals surface area contributed by atoms with Gasteiger partial charge in [-0.3, -0.25) is 10.1 Å². The molecule has 2 saturated heterocycles. The largest absolute Gasteiger partial charge is 0.378 e. The van der Waals surface area contributed by atoms with Gasteiger partial charge in [-0.15, -0.1) is 0 Å². The first-order chi connectivity index (χ1) is 8.08. The molecule has 0 saturated carbocycles. The van der Waals surface area contributed by atoms with Crippen LogP contribution in [0.25, 0.3) is 0 Å². The molecule has 0 aromatic rings. The quantitative estimate of drug-likeness (QED) is 0.803. The Morgan fingerprint density at radius 3 is 2.88 bits per heavy atom. The minimum absolute atomic E-state index is 0.232. The van der Waals surface area contributed by atoms with E-state index >= 15 is 0 Å². The molecule has 98 valence electrons. The summed E-state index contributed by atoms with van der Waals surface area (Å²) in [6, 6.07) is 0. The zero-order valence-corrected chi connectivity index (χ0v) is 11.1. The predicted molar refractivity (Wildman–Crippen MR) is 66.5 cm³/mol. The molecule has 2 heterocycles. The molecular formula is C13H24N2O2. The van der Waals surface area contributed by atoms with E-state index in [-0.39, 0.29) is 12.1 Å². The molecule has 0 aromatic heterocycles. The highest BCUT2D eigenvalue weighted by atomic mass is 16.5. The topological polar surface area (TPSA) is 41.6 Å². The number of hydrogen-bond acceptors (Lipinski definition) is 3. The second-order valence-corrected chi connectivity index (χ2v) is 5.70. The van der Waals surface area contributed by atoms with Gasteiger partial charge in [0.1, 0.15) is 0 Å². The first kappa shape index (κ1) is 12.8. The van der Waals surface area contributed by atoms with Crippen molar-refractivity contribution in [3.05, 3.63) is 0 Å². The number of nitrogens with one attached hydrogen (secondary N) is 1. The highest BCUT2D eigenvalue weighted by Gasteiger charge is 2.35. The van der Waals surface area contributed by atoms with Gasteiger partial charge < -0.3 is 9.64 Å². The van der Waals surface area contributed by atoms with Gasteiger partial charge in [0.15, 0.2) is 0 Å². The number of nitrogens with zero attached hydrogens (tertiary/aromatic N) is 1. The van der Waals surface area contributed by atoms with E-state index in [1.807, 2.05) is 4.90 Å². The van der Waals surface area contributed by atoms with Crippen LogP contribution in [0.3, 0.4) is 0 Å². The summed E-state index contributed by atoms with van der Waals surface area (Å²) in [4.78, 5) is 13.9. The van der Waals surface area contributed by atoms with E-state index in [1.165, 1.54) is 0 Å². The summed E-state index contributed by atoms with van der Waals surface area (Å²) >= 11 is 0. The smallest absolute Gasteiger partial charge is 0.237 e. The molecule has 2 aliphatic heterocycles. The fourth-order valence-corrected chi connectivity index (χ4v) is 2.75. The Morgan fingerprint density at radius 2 is 2.29 bits per heavy atom. The van der Waals surface area contributed by atoms with Crippen LogP contribution in [-0.4, -0.2) is 42.8 Å². The normalized spacial score (nSPS) is 34.0. The van der Waals surface area contributed by atoms with Crippen LogP contribution in [0.5, 0.6) is 0 Å². The molecule has 2 fully saturated rings. The van der Waals surface area contributed by atoms with E-state index < -0.39 is 0 Å². The fourth-order valence-electron chi connectivity index (χ4n) is 2.75. The van der Waals surface area contributed by atoms with E-state index in [2.05, 4.69) is 26.1 Å². The highest BCUT2D eigenvalue weighted by molar-refractivity contribution is 5.80. The van der Waals surface area contributed by atoms with Crippen molar-refractivity contribution in [3.63, 3.8) is 0 Å². The maximum Gasteiger partial charge on any atom is 0.237 e. The molecule has 4 heteroatoms. The lowest BCUT2D eigenvalue weighted by atomic mass is 10.0. The summed E-state index contributed by atoms with van der Waals surface area (Å²) in [6.45, 7) is 8.71. The second-order valence-electron chi connectivity index (χ2n) is 5.70. The predicted octanol–water partition coefficient (Wildman–Crippen LogP) is 1.22. The number of rotatable bonds is 4. The van der Waals surface area contributed by atoms with Gasteiger partial charge in [-0.05, 0) is 25.7 Å². The summed E-state index contributed by atoms with van der Waals surface area (Å²) in [5.41, 5.74) is 0. The number of ether oxygens (including phenoxy) is 1. The second kappa shape index (κ2) is 5.36. The van der Waals surface area contributed by atoms with Crippen molar-refractivity contribution in [3.8, 4) is 0 Å². The first-order valence-corrected chi connectivity index (χ1v) is 6.72. The summed E-state index contributed by atoms with van der Waals surface area (Å²) in [7, 11) is 0. The standard InChI is InChI=1S/C13H24N2O2/c1-9(2)6-12-14-7-13(16)15(12)8-11-4-5-17-10(11)3/h9-12,14H,4-8H2,1-3H3. The maximum absolute atomic E-state index is 11.9. The molecule has 1 amide bonds. The SMILES string of the molecule is CC(C)CC1NCC(=O)N1CC1CCOC1C. The molecule has 0 radical (unpaired) electrons. The first-order valence-electron chi connectivity index (χ1n) is 6.72. The zero-order valence-electron chi connectivity index (χ0n) is 11.1. The van der Waals surface area contributed by atoms with Crippen molar-refractivity contribution in [2.24, 2.45) is 11.8 Å². The average Bonchev–Trinajstić information content (AvgIpc) is 2.79. The fraction of sp³-hybridized carbons (Fsp3) is 0.923. The van der Waals surface area contributed by atoms with Crippen LogP contribution in [0.1, 0.15) is 33.6 Å². The molecule has 1 N–H and O–H groups in total. The monoisotopic (exact) mass is 240 g/mol. The van der Waals surface area contributed by atoms with Crippen LogP contribution < -0.4 is 5.32 Å². The Balaban J connectivity index is 1.94. The van der Waals surface area contributed by atoms with Crippen LogP contribution in [-0.2, 0) is 9.53 Å². The van der Waals surface area contributed by atoms with E-state index in [0.29, 0.717) is 24.5 Å². The number of hydrogen-bond donors (Lipinski definition) is 1. The minimum Gasteiger partial charge on any atom is -0.378 e. The lowest BCUT2D eigenvalue weighted by molar-refractivity contribution is -0.129. The van der Waals surface area contributed by atoms with Crippen LogP contribution >= 0.6 is 0 Å². The number of carbonyl (C=O) groups excluding carboxylic acids is 1. The Labute approximate surface area is 104 Å². The minimum atomic E-state index is 0.232. The van der Waals surface area contributed by atoms with Crippen LogP contribution in [0.15, 0.2) is 0 Å². The van der Waals surface area contributed by atoms with Crippen molar-refractivity contribution >= 4 is 5.91 Å². The Bertz CT molecular complexity index is 281. The van der Waals surface area contributed by atoms with Gasteiger partial charge in [-0.25, -0.2) is 0 Å². The van der Waals surface area contributed by atoms with Crippen LogP contribution in [0.2, 0.25) is 0 Å². The van der Waals surface area contributed by atoms with Crippen LogP contribution in [0, 0.1) is 11.8 Å². The molecule has 0 spiro atoms. The molecular weight excluding hydrogens is 216 g/mol. The molecule has 2 aliphatic rings. The molecule has 3 unspecified atom stereocenters. The van der Waals surface area contributed by atoms with Gasteiger partial charge in [0.05, 0.1) is 18.8 Å². The van der Waals surface area contributed by atoms with Gasteiger partial charge in [-0.1, -0.05) is 13.8 Å². The lowest BCUT2D eigenvalue weighted by Crippen LogP contribution is -2.42. The molecule has 2 rings (SSSR count). The van der Waals surface area contributed by atoms with Crippen molar-refractivity contribution < 1.29 is 9.53 Å². The van der Waals surface area contributed by atoms with Gasteiger partial charge in [-0.2, -0.15) is 0 Å². The number of carbonyl (C=O) groups is 1. The Kier molecular flexibility index (Phi) is 4.05. The van der Waals surface area contributed by atoms with Gasteiger partial charge >= 0.3 is 0 Å². The molecule has 3 atom stereocenters. The molecule has 17 heavy (non-hydrogen) atoms. The van der Waals surface area contributed by atoms with Crippen molar-refractivity contribution in [1.29, 1.82) is 0 Å². The Morgan fingerprint density at radius 1 is 1.53 bits per heavy atom. The summed E-state index contributed by atoms with van der Waals surface area (Å²) in [6.07, 6.45) is 2.64. The summed E-state index contributed by atoms with van der Waals surface area (Å²) in [5.74, 6) is 1.36. The molecule has 0 aliphatic carbocycles. The third-order valence-electron chi connectivity index (χ3n) is 3.84. The molecule has 4 nitrogen and oxygen atoms in total. The lowest BCUT2D eigenvalue weighted by Gasteiger charge is -2.29. The van der Waals surface area contributed by atoms with E-state index in [0.717, 1.165) is 26.0 Å². The van der Waals surface area contributed by atoms with Crippen molar-refractivity contribution in [2.45, 2.75) is 45.9 Å². The molecule has 0 bridgehead atoms. The van der Waals surface area contributed by atoms with Gasteiger partial charge in [0.25, 0.3) is 0 Å². The average molecular weight is 240 g/mol. The van der Waals surface area contributed by atoms with E-state index in [1.54, 1.807) is 0 Å². The van der Waals surface area contributed by atoms with Gasteiger partial charge in [0, 0.05) is 19.1 Å².